The van der Waals surface area contributed by atoms with Crippen molar-refractivity contribution < 1.29 is 14.9 Å². The maximum Gasteiger partial charge on any atom is 0.168 e. The van der Waals surface area contributed by atoms with E-state index in [-0.39, 0.29) is 18.8 Å². The van der Waals surface area contributed by atoms with Crippen molar-refractivity contribution in [3.05, 3.63) is 91.5 Å². The highest BCUT2D eigenvalue weighted by Crippen LogP contribution is 2.37. The van der Waals surface area contributed by atoms with Crippen LogP contribution in [0.5, 0.6) is 0 Å². The number of nitrogens with zero attached hydrogens (tertiary/aromatic N) is 7. The predicted molar refractivity (Wildman–Crippen MR) is 156 cm³/mol. The Kier molecular flexibility index (Phi) is 6.59. The Morgan fingerprint density at radius 1 is 0.786 bits per heavy atom. The minimum Gasteiger partial charge on any atom is -0.394 e. The molecule has 0 bridgehead atoms. The zero-order valence-corrected chi connectivity index (χ0v) is 22.3. The number of ether oxygens (including phenoxy) is 1. The molecule has 6 heterocycles. The molecule has 4 N–H and O–H groups in total. The standard InChI is InChI=1S/C31H26N8O3/c32-29-28-31(36-17-35-29)39(27-15-25(41)26(16-40)42-27)30(38-28)19-9-7-18(8-10-19)20-13-23(21-5-1-3-11-33-21)37-24(14-20)22-6-2-4-12-34-22/h1-14,17,25-27,40-41H,15-16H2,(H2,32,35,36)/t25-,26+,27+/m0/s1. The van der Waals surface area contributed by atoms with E-state index in [4.69, 9.17) is 20.4 Å². The number of anilines is 1. The fraction of sp³-hybridized carbons (Fsp3) is 0.161. The van der Waals surface area contributed by atoms with Crippen LogP contribution in [-0.4, -0.2) is 63.5 Å². The van der Waals surface area contributed by atoms with Crippen LogP contribution in [0.25, 0.3) is 56.5 Å². The van der Waals surface area contributed by atoms with Crippen molar-refractivity contribution >= 4 is 17.0 Å². The van der Waals surface area contributed by atoms with Gasteiger partial charge in [0, 0.05) is 24.4 Å². The van der Waals surface area contributed by atoms with Crippen molar-refractivity contribution in [2.75, 3.05) is 12.3 Å². The van der Waals surface area contributed by atoms with Gasteiger partial charge in [-0.3, -0.25) is 14.5 Å². The van der Waals surface area contributed by atoms with Gasteiger partial charge in [-0.1, -0.05) is 36.4 Å². The Labute approximate surface area is 240 Å². The summed E-state index contributed by atoms with van der Waals surface area (Å²) >= 11 is 0. The number of aromatic nitrogens is 7. The number of hydrogen-bond donors (Lipinski definition) is 3. The molecule has 0 aliphatic carbocycles. The van der Waals surface area contributed by atoms with Crippen molar-refractivity contribution in [2.45, 2.75) is 24.9 Å². The van der Waals surface area contributed by atoms with E-state index in [9.17, 15) is 10.2 Å². The highest BCUT2D eigenvalue weighted by Gasteiger charge is 2.37. The molecule has 0 spiro atoms. The van der Waals surface area contributed by atoms with E-state index in [1.54, 1.807) is 12.4 Å². The number of nitrogen functional groups attached to an aromatic ring is 1. The molecule has 42 heavy (non-hydrogen) atoms. The largest absolute Gasteiger partial charge is 0.394 e. The lowest BCUT2D eigenvalue weighted by Crippen LogP contribution is -2.24. The lowest BCUT2D eigenvalue weighted by atomic mass is 10.0. The first kappa shape index (κ1) is 25.8. The molecular formula is C31H26N8O3. The first-order valence-electron chi connectivity index (χ1n) is 13.5. The molecule has 1 saturated heterocycles. The molecule has 0 radical (unpaired) electrons. The van der Waals surface area contributed by atoms with Crippen LogP contribution in [0.1, 0.15) is 12.6 Å². The van der Waals surface area contributed by atoms with E-state index < -0.39 is 18.4 Å². The molecule has 1 fully saturated rings. The van der Waals surface area contributed by atoms with Crippen LogP contribution in [-0.2, 0) is 4.74 Å². The molecule has 1 aromatic carbocycles. The highest BCUT2D eigenvalue weighted by molar-refractivity contribution is 5.86. The van der Waals surface area contributed by atoms with Crippen molar-refractivity contribution in [1.29, 1.82) is 0 Å². The number of hydrogen-bond acceptors (Lipinski definition) is 10. The summed E-state index contributed by atoms with van der Waals surface area (Å²) in [5.41, 5.74) is 12.8. The third-order valence-corrected chi connectivity index (χ3v) is 7.33. The third kappa shape index (κ3) is 4.65. The highest BCUT2D eigenvalue weighted by atomic mass is 16.5. The topological polar surface area (TPSA) is 158 Å². The van der Waals surface area contributed by atoms with Crippen LogP contribution < -0.4 is 5.73 Å². The van der Waals surface area contributed by atoms with Gasteiger partial charge in [0.25, 0.3) is 0 Å². The van der Waals surface area contributed by atoms with Gasteiger partial charge in [-0.15, -0.1) is 0 Å². The van der Waals surface area contributed by atoms with Gasteiger partial charge in [0.15, 0.2) is 17.0 Å². The zero-order chi connectivity index (χ0) is 28.6. The van der Waals surface area contributed by atoms with E-state index >= 15 is 0 Å². The van der Waals surface area contributed by atoms with Crippen molar-refractivity contribution in [3.8, 4) is 45.3 Å². The monoisotopic (exact) mass is 558 g/mol. The maximum absolute atomic E-state index is 10.4. The van der Waals surface area contributed by atoms with Gasteiger partial charge in [0.05, 0.1) is 35.5 Å². The summed E-state index contributed by atoms with van der Waals surface area (Å²) in [6, 6.07) is 23.5. The van der Waals surface area contributed by atoms with Gasteiger partial charge in [0.1, 0.15) is 24.5 Å². The van der Waals surface area contributed by atoms with E-state index in [1.165, 1.54) is 6.33 Å². The number of aliphatic hydroxyl groups is 2. The number of aliphatic hydroxyl groups excluding tert-OH is 2. The molecule has 0 saturated carbocycles. The van der Waals surface area contributed by atoms with E-state index in [0.717, 1.165) is 39.5 Å². The smallest absolute Gasteiger partial charge is 0.168 e. The van der Waals surface area contributed by atoms with Gasteiger partial charge >= 0.3 is 0 Å². The number of fused-ring (bicyclic) bond motifs is 1. The lowest BCUT2D eigenvalue weighted by molar-refractivity contribution is -0.0426. The van der Waals surface area contributed by atoms with Crippen LogP contribution in [0.4, 0.5) is 5.82 Å². The van der Waals surface area contributed by atoms with Gasteiger partial charge in [-0.25, -0.2) is 19.9 Å². The minimum atomic E-state index is -0.819. The van der Waals surface area contributed by atoms with Gasteiger partial charge in [-0.05, 0) is 47.5 Å². The van der Waals surface area contributed by atoms with Gasteiger partial charge in [-0.2, -0.15) is 0 Å². The average Bonchev–Trinajstić information content (AvgIpc) is 3.62. The molecule has 3 atom stereocenters. The number of nitrogens with two attached hydrogens (primary N) is 1. The Morgan fingerprint density at radius 2 is 1.45 bits per heavy atom. The average molecular weight is 559 g/mol. The number of imidazole rings is 1. The molecule has 7 rings (SSSR count). The second-order valence-corrected chi connectivity index (χ2v) is 9.98. The van der Waals surface area contributed by atoms with E-state index in [0.29, 0.717) is 17.0 Å². The number of benzene rings is 1. The Morgan fingerprint density at radius 3 is 2.05 bits per heavy atom. The second-order valence-electron chi connectivity index (χ2n) is 9.98. The molecule has 208 valence electrons. The summed E-state index contributed by atoms with van der Waals surface area (Å²) in [5, 5.41) is 20.1. The zero-order valence-electron chi connectivity index (χ0n) is 22.3. The number of pyridine rings is 3. The maximum atomic E-state index is 10.4. The SMILES string of the molecule is Nc1ncnc2c1nc(-c1ccc(-c3cc(-c4ccccn4)nc(-c4ccccn4)c3)cc1)n2[C@H]1C[C@H](O)[C@@H](CO)O1. The fourth-order valence-corrected chi connectivity index (χ4v) is 5.24. The van der Waals surface area contributed by atoms with E-state index in [2.05, 4.69) is 19.9 Å². The summed E-state index contributed by atoms with van der Waals surface area (Å²) in [6.07, 6.45) is 3.04. The summed E-state index contributed by atoms with van der Waals surface area (Å²) in [7, 11) is 0. The minimum absolute atomic E-state index is 0.245. The normalized spacial score (nSPS) is 18.5. The molecular weight excluding hydrogens is 532 g/mol. The molecule has 0 amide bonds. The molecule has 1 aliphatic rings. The van der Waals surface area contributed by atoms with Crippen molar-refractivity contribution in [1.82, 2.24) is 34.5 Å². The van der Waals surface area contributed by atoms with Crippen molar-refractivity contribution in [2.24, 2.45) is 0 Å². The quantitative estimate of drug-likeness (QED) is 0.274. The first-order valence-corrected chi connectivity index (χ1v) is 13.5. The molecule has 1 aliphatic heterocycles. The molecule has 5 aromatic heterocycles. The van der Waals surface area contributed by atoms with Crippen LogP contribution in [0, 0.1) is 0 Å². The van der Waals surface area contributed by atoms with Crippen LogP contribution in [0.15, 0.2) is 91.5 Å². The van der Waals surface area contributed by atoms with Crippen molar-refractivity contribution in [3.63, 3.8) is 0 Å². The first-order chi connectivity index (χ1) is 20.6. The van der Waals surface area contributed by atoms with E-state index in [1.807, 2.05) is 77.4 Å². The molecule has 6 aromatic rings. The fourth-order valence-electron chi connectivity index (χ4n) is 5.24. The van der Waals surface area contributed by atoms with Gasteiger partial charge in [0.2, 0.25) is 0 Å². The molecule has 11 nitrogen and oxygen atoms in total. The van der Waals surface area contributed by atoms with Crippen LogP contribution >= 0.6 is 0 Å². The third-order valence-electron chi connectivity index (χ3n) is 7.33. The summed E-state index contributed by atoms with van der Waals surface area (Å²) in [4.78, 5) is 27.1. The van der Waals surface area contributed by atoms with Gasteiger partial charge < -0.3 is 20.7 Å². The summed E-state index contributed by atoms with van der Waals surface area (Å²) < 4.78 is 7.80. The molecule has 11 heteroatoms. The Bertz CT molecular complexity index is 1810. The second kappa shape index (κ2) is 10.7. The molecule has 0 unspecified atom stereocenters. The Balaban J connectivity index is 1.31. The summed E-state index contributed by atoms with van der Waals surface area (Å²) in [6.45, 7) is -0.293. The van der Waals surface area contributed by atoms with Crippen LogP contribution in [0.2, 0.25) is 0 Å². The Hall–Kier alpha value is -5.10. The summed E-state index contributed by atoms with van der Waals surface area (Å²) in [5.74, 6) is 0.812. The lowest BCUT2D eigenvalue weighted by Gasteiger charge is -2.17. The predicted octanol–water partition coefficient (Wildman–Crippen LogP) is 3.90. The van der Waals surface area contributed by atoms with Crippen LogP contribution in [0.3, 0.4) is 0 Å². The number of rotatable bonds is 6.